The molecule has 0 heterocycles. The van der Waals surface area contributed by atoms with Crippen molar-refractivity contribution in [2.75, 3.05) is 22.4 Å². The lowest BCUT2D eigenvalue weighted by Crippen LogP contribution is -2.37. The molecule has 0 aliphatic rings. The van der Waals surface area contributed by atoms with E-state index in [0.717, 1.165) is 28.1 Å². The highest BCUT2D eigenvalue weighted by molar-refractivity contribution is 7.92. The summed E-state index contributed by atoms with van der Waals surface area (Å²) in [5.74, 6) is -0.545. The molecule has 0 aromatic heterocycles. The molecule has 0 aliphatic heterocycles. The topological polar surface area (TPSA) is 83.6 Å². The van der Waals surface area contributed by atoms with Crippen molar-refractivity contribution in [3.63, 3.8) is 0 Å². The number of benzene rings is 2. The number of sulfonamides is 1. The van der Waals surface area contributed by atoms with Gasteiger partial charge in [0, 0.05) is 11.3 Å². The van der Waals surface area contributed by atoms with Gasteiger partial charge in [0.1, 0.15) is 6.54 Å². The molecule has 0 spiro atoms. The first-order valence-corrected chi connectivity index (χ1v) is 10.5. The van der Waals surface area contributed by atoms with Crippen LogP contribution < -0.4 is 9.62 Å². The van der Waals surface area contributed by atoms with Crippen LogP contribution in [0, 0.1) is 6.92 Å². The van der Waals surface area contributed by atoms with Crippen molar-refractivity contribution in [2.24, 2.45) is 0 Å². The smallest absolute Gasteiger partial charge is 0.245 e. The number of nitrogens with one attached hydrogen (secondary N) is 1. The number of ketones is 1. The fourth-order valence-electron chi connectivity index (χ4n) is 2.77. The molecule has 1 amide bonds. The highest BCUT2D eigenvalue weighted by Crippen LogP contribution is 2.22. The molecule has 2 aromatic rings. The molecular weight excluding hydrogens is 364 g/mol. The van der Waals surface area contributed by atoms with Gasteiger partial charge in [-0.2, -0.15) is 0 Å². The number of Topliss-reactive ketones (excluding diaryl/α,β-unsaturated/α-hetero) is 1. The molecule has 0 aliphatic carbocycles. The fourth-order valence-corrected chi connectivity index (χ4v) is 3.63. The van der Waals surface area contributed by atoms with E-state index in [2.05, 4.69) is 5.32 Å². The molecule has 0 bridgehead atoms. The second-order valence-corrected chi connectivity index (χ2v) is 8.29. The van der Waals surface area contributed by atoms with Gasteiger partial charge < -0.3 is 5.32 Å². The van der Waals surface area contributed by atoms with Crippen LogP contribution in [0.1, 0.15) is 35.3 Å². The number of hydrogen-bond acceptors (Lipinski definition) is 4. The average Bonchev–Trinajstić information content (AvgIpc) is 2.60. The van der Waals surface area contributed by atoms with Crippen molar-refractivity contribution >= 4 is 33.1 Å². The number of carbonyl (C=O) groups is 2. The molecular formula is C20H24N2O4S. The number of nitrogens with zero attached hydrogens (tertiary/aromatic N) is 1. The van der Waals surface area contributed by atoms with Gasteiger partial charge in [-0.3, -0.25) is 13.9 Å². The normalized spacial score (nSPS) is 11.1. The molecule has 0 unspecified atom stereocenters. The fraction of sp³-hybridized carbons (Fsp3) is 0.300. The van der Waals surface area contributed by atoms with Gasteiger partial charge >= 0.3 is 0 Å². The molecule has 27 heavy (non-hydrogen) atoms. The number of hydrogen-bond donors (Lipinski definition) is 1. The minimum atomic E-state index is -3.68. The van der Waals surface area contributed by atoms with Crippen LogP contribution in [0.5, 0.6) is 0 Å². The predicted octanol–water partition coefficient (Wildman–Crippen LogP) is 3.16. The lowest BCUT2D eigenvalue weighted by molar-refractivity contribution is -0.114. The van der Waals surface area contributed by atoms with Gasteiger partial charge in [0.2, 0.25) is 15.9 Å². The molecule has 0 fully saturated rings. The Hall–Kier alpha value is -2.67. The Balaban J connectivity index is 2.27. The molecule has 144 valence electrons. The van der Waals surface area contributed by atoms with Gasteiger partial charge in [0.05, 0.1) is 11.9 Å². The van der Waals surface area contributed by atoms with Crippen molar-refractivity contribution in [3.8, 4) is 0 Å². The summed E-state index contributed by atoms with van der Waals surface area (Å²) in [5, 5.41) is 2.83. The molecule has 0 radical (unpaired) electrons. The van der Waals surface area contributed by atoms with Crippen molar-refractivity contribution in [2.45, 2.75) is 27.2 Å². The Bertz CT molecular complexity index is 950. The van der Waals surface area contributed by atoms with Crippen LogP contribution in [-0.2, 0) is 21.2 Å². The average molecular weight is 388 g/mol. The maximum absolute atomic E-state index is 12.6. The van der Waals surface area contributed by atoms with E-state index in [1.807, 2.05) is 32.0 Å². The zero-order valence-electron chi connectivity index (χ0n) is 15.9. The zero-order chi connectivity index (χ0) is 20.2. The molecule has 2 aromatic carbocycles. The summed E-state index contributed by atoms with van der Waals surface area (Å²) in [6.07, 6.45) is 1.80. The van der Waals surface area contributed by atoms with E-state index in [-0.39, 0.29) is 12.3 Å². The Morgan fingerprint density at radius 1 is 1.07 bits per heavy atom. The zero-order valence-corrected chi connectivity index (χ0v) is 16.8. The lowest BCUT2D eigenvalue weighted by atomic mass is 10.1. The molecule has 2 rings (SSSR count). The van der Waals surface area contributed by atoms with Crippen molar-refractivity contribution < 1.29 is 18.0 Å². The third kappa shape index (κ3) is 5.17. The first-order valence-electron chi connectivity index (χ1n) is 8.60. The summed E-state index contributed by atoms with van der Waals surface area (Å²) in [6, 6.07) is 11.9. The monoisotopic (exact) mass is 388 g/mol. The van der Waals surface area contributed by atoms with Crippen LogP contribution in [-0.4, -0.2) is 32.9 Å². The standard InChI is InChI=1S/C20H24N2O4S/c1-5-16-8-6-7-14(2)20(16)21-19(24)13-22(27(4,25)26)18-11-9-17(10-12-18)15(3)23/h6-12H,5,13H2,1-4H3,(H,21,24). The van der Waals surface area contributed by atoms with Crippen molar-refractivity contribution in [3.05, 3.63) is 59.2 Å². The summed E-state index contributed by atoms with van der Waals surface area (Å²) in [6.45, 7) is 4.97. The van der Waals surface area contributed by atoms with Crippen LogP contribution in [0.3, 0.4) is 0 Å². The maximum Gasteiger partial charge on any atom is 0.245 e. The number of aryl methyl sites for hydroxylation is 2. The minimum absolute atomic E-state index is 0.114. The minimum Gasteiger partial charge on any atom is -0.324 e. The second-order valence-electron chi connectivity index (χ2n) is 6.38. The quantitative estimate of drug-likeness (QED) is 0.739. The summed E-state index contributed by atoms with van der Waals surface area (Å²) in [7, 11) is -3.68. The first-order chi connectivity index (χ1) is 12.6. The number of para-hydroxylation sites is 1. The van der Waals surface area contributed by atoms with Crippen LogP contribution in [0.4, 0.5) is 11.4 Å². The van der Waals surface area contributed by atoms with E-state index < -0.39 is 15.9 Å². The van der Waals surface area contributed by atoms with Crippen LogP contribution in [0.2, 0.25) is 0 Å². The largest absolute Gasteiger partial charge is 0.324 e. The summed E-state index contributed by atoms with van der Waals surface area (Å²) in [5.41, 5.74) is 3.42. The number of rotatable bonds is 7. The first kappa shape index (κ1) is 20.6. The highest BCUT2D eigenvalue weighted by atomic mass is 32.2. The Morgan fingerprint density at radius 3 is 2.22 bits per heavy atom. The molecule has 6 nitrogen and oxygen atoms in total. The lowest BCUT2D eigenvalue weighted by Gasteiger charge is -2.22. The highest BCUT2D eigenvalue weighted by Gasteiger charge is 2.21. The van der Waals surface area contributed by atoms with Gasteiger partial charge in [-0.15, -0.1) is 0 Å². The number of carbonyl (C=O) groups excluding carboxylic acids is 2. The van der Waals surface area contributed by atoms with E-state index >= 15 is 0 Å². The number of amides is 1. The van der Waals surface area contributed by atoms with Crippen molar-refractivity contribution in [1.82, 2.24) is 0 Å². The van der Waals surface area contributed by atoms with E-state index in [4.69, 9.17) is 0 Å². The third-order valence-electron chi connectivity index (χ3n) is 4.25. The Kier molecular flexibility index (Phi) is 6.38. The molecule has 0 saturated carbocycles. The van der Waals surface area contributed by atoms with Gasteiger partial charge in [-0.1, -0.05) is 25.1 Å². The predicted molar refractivity (Wildman–Crippen MR) is 108 cm³/mol. The van der Waals surface area contributed by atoms with Gasteiger partial charge in [-0.25, -0.2) is 8.42 Å². The SMILES string of the molecule is CCc1cccc(C)c1NC(=O)CN(c1ccc(C(C)=O)cc1)S(C)(=O)=O. The molecule has 7 heteroatoms. The molecule has 1 N–H and O–H groups in total. The van der Waals surface area contributed by atoms with Crippen molar-refractivity contribution in [1.29, 1.82) is 0 Å². The second kappa shape index (κ2) is 8.35. The molecule has 0 saturated heterocycles. The van der Waals surface area contributed by atoms with Crippen LogP contribution in [0.15, 0.2) is 42.5 Å². The molecule has 0 atom stereocenters. The third-order valence-corrected chi connectivity index (χ3v) is 5.39. The maximum atomic E-state index is 12.6. The van der Waals surface area contributed by atoms with Gasteiger partial charge in [0.15, 0.2) is 5.78 Å². The van der Waals surface area contributed by atoms with Gasteiger partial charge in [0.25, 0.3) is 0 Å². The van der Waals surface area contributed by atoms with Gasteiger partial charge in [-0.05, 0) is 55.7 Å². The van der Waals surface area contributed by atoms with E-state index in [9.17, 15) is 18.0 Å². The summed E-state index contributed by atoms with van der Waals surface area (Å²) < 4.78 is 25.4. The summed E-state index contributed by atoms with van der Waals surface area (Å²) in [4.78, 5) is 24.0. The van der Waals surface area contributed by atoms with Crippen LogP contribution in [0.25, 0.3) is 0 Å². The van der Waals surface area contributed by atoms with E-state index in [1.165, 1.54) is 19.1 Å². The Labute approximate surface area is 160 Å². The van der Waals surface area contributed by atoms with E-state index in [0.29, 0.717) is 16.9 Å². The van der Waals surface area contributed by atoms with Crippen LogP contribution >= 0.6 is 0 Å². The number of anilines is 2. The summed E-state index contributed by atoms with van der Waals surface area (Å²) >= 11 is 0. The van der Waals surface area contributed by atoms with E-state index in [1.54, 1.807) is 12.1 Å². The Morgan fingerprint density at radius 2 is 1.70 bits per heavy atom.